The monoisotopic (exact) mass is 444 g/mol. The van der Waals surface area contributed by atoms with E-state index in [4.69, 9.17) is 0 Å². The second-order valence-corrected chi connectivity index (χ2v) is 8.76. The summed E-state index contributed by atoms with van der Waals surface area (Å²) in [5, 5.41) is 23.4. The minimum absolute atomic E-state index is 0.0170. The predicted octanol–water partition coefficient (Wildman–Crippen LogP) is 4.64. The molecule has 32 heavy (non-hydrogen) atoms. The third-order valence-electron chi connectivity index (χ3n) is 5.34. The minimum atomic E-state index is -1.02. The number of benzene rings is 2. The van der Waals surface area contributed by atoms with E-state index < -0.39 is 28.4 Å². The quantitative estimate of drug-likeness (QED) is 0.515. The maximum Gasteiger partial charge on any atom is 0.407 e. The predicted molar refractivity (Wildman–Crippen MR) is 117 cm³/mol. The Kier molecular flexibility index (Phi) is 6.33. The highest BCUT2D eigenvalue weighted by molar-refractivity contribution is 5.93. The lowest BCUT2D eigenvalue weighted by atomic mass is 9.97. The van der Waals surface area contributed by atoms with Crippen molar-refractivity contribution in [2.24, 2.45) is 5.92 Å². The van der Waals surface area contributed by atoms with E-state index in [2.05, 4.69) is 5.32 Å². The highest BCUT2D eigenvalue weighted by atomic mass is 19.1. The van der Waals surface area contributed by atoms with E-state index in [0.29, 0.717) is 30.8 Å². The highest BCUT2D eigenvalue weighted by Crippen LogP contribution is 2.31. The van der Waals surface area contributed by atoms with Gasteiger partial charge in [0.2, 0.25) is 0 Å². The minimum Gasteiger partial charge on any atom is -0.465 e. The van der Waals surface area contributed by atoms with Crippen molar-refractivity contribution in [1.29, 1.82) is 0 Å². The van der Waals surface area contributed by atoms with Crippen molar-refractivity contribution >= 4 is 23.5 Å². The fourth-order valence-electron chi connectivity index (χ4n) is 3.56. The molecule has 0 aromatic heterocycles. The fourth-order valence-corrected chi connectivity index (χ4v) is 3.56. The molecule has 0 saturated carbocycles. The van der Waals surface area contributed by atoms with Gasteiger partial charge in [0.05, 0.1) is 4.92 Å². The summed E-state index contributed by atoms with van der Waals surface area (Å²) >= 11 is 0. The molecule has 1 heterocycles. The number of nitrogens with zero attached hydrogens (tertiary/aromatic N) is 3. The first-order valence-electron chi connectivity index (χ1n) is 10.1. The molecular weight excluding hydrogens is 419 g/mol. The van der Waals surface area contributed by atoms with Gasteiger partial charge in [-0.25, -0.2) is 14.0 Å². The Labute approximate surface area is 184 Å². The smallest absolute Gasteiger partial charge is 0.407 e. The molecule has 1 aliphatic rings. The summed E-state index contributed by atoms with van der Waals surface area (Å²) in [5.41, 5.74) is 0.459. The van der Waals surface area contributed by atoms with Gasteiger partial charge in [-0.2, -0.15) is 0 Å². The van der Waals surface area contributed by atoms with E-state index >= 15 is 0 Å². The van der Waals surface area contributed by atoms with Crippen LogP contribution in [0, 0.1) is 21.8 Å². The summed E-state index contributed by atoms with van der Waals surface area (Å²) in [5.74, 6) is -0.416. The van der Waals surface area contributed by atoms with Crippen LogP contribution in [0.3, 0.4) is 0 Å². The number of nitrogens with one attached hydrogen (secondary N) is 1. The fraction of sp³-hybridized carbons (Fsp3) is 0.364. The van der Waals surface area contributed by atoms with Crippen LogP contribution in [0.2, 0.25) is 0 Å². The van der Waals surface area contributed by atoms with E-state index in [1.54, 1.807) is 32.9 Å². The maximum atomic E-state index is 13.2. The van der Waals surface area contributed by atoms with Gasteiger partial charge < -0.3 is 20.2 Å². The lowest BCUT2D eigenvalue weighted by Gasteiger charge is -2.43. The third-order valence-corrected chi connectivity index (χ3v) is 5.34. The van der Waals surface area contributed by atoms with Crippen LogP contribution in [-0.4, -0.2) is 57.1 Å². The molecular formula is C22H25FN4O5. The number of nitro groups is 1. The molecule has 0 spiro atoms. The molecule has 0 unspecified atom stereocenters. The van der Waals surface area contributed by atoms with Gasteiger partial charge in [-0.15, -0.1) is 0 Å². The number of hydrogen-bond donors (Lipinski definition) is 2. The molecule has 1 fully saturated rings. The molecule has 10 heteroatoms. The molecule has 2 aromatic carbocycles. The van der Waals surface area contributed by atoms with Crippen molar-refractivity contribution in [3.8, 4) is 11.1 Å². The zero-order chi connectivity index (χ0) is 23.6. The van der Waals surface area contributed by atoms with Gasteiger partial charge in [0.15, 0.2) is 0 Å². The van der Waals surface area contributed by atoms with Crippen molar-refractivity contribution < 1.29 is 24.0 Å². The SMILES string of the molecule is CC(C)(C)N(CC1CN(C(=O)Nc2cc(-c3ccc(F)cc3)ccc2[N+](=O)[O-])C1)C(=O)O. The number of carboxylic acid groups (broad SMARTS) is 1. The molecule has 3 amide bonds. The number of urea groups is 1. The first-order valence-corrected chi connectivity index (χ1v) is 10.1. The molecule has 2 aromatic rings. The summed E-state index contributed by atoms with van der Waals surface area (Å²) in [6, 6.07) is 9.47. The van der Waals surface area contributed by atoms with Crippen LogP contribution in [0.25, 0.3) is 11.1 Å². The third kappa shape index (κ3) is 5.13. The molecule has 0 aliphatic carbocycles. The second kappa shape index (κ2) is 8.81. The topological polar surface area (TPSA) is 116 Å². The molecule has 1 saturated heterocycles. The molecule has 0 radical (unpaired) electrons. The number of carbonyl (C=O) groups excluding carboxylic acids is 1. The largest absolute Gasteiger partial charge is 0.465 e. The molecule has 3 rings (SSSR count). The van der Waals surface area contributed by atoms with Gasteiger partial charge in [-0.3, -0.25) is 10.1 Å². The number of nitro benzene ring substituents is 1. The maximum absolute atomic E-state index is 13.2. The van der Waals surface area contributed by atoms with E-state index in [1.165, 1.54) is 40.1 Å². The van der Waals surface area contributed by atoms with Gasteiger partial charge >= 0.3 is 12.1 Å². The Morgan fingerprint density at radius 2 is 1.78 bits per heavy atom. The van der Waals surface area contributed by atoms with Gasteiger partial charge in [-0.1, -0.05) is 12.1 Å². The molecule has 0 bridgehead atoms. The number of rotatable bonds is 5. The Morgan fingerprint density at radius 3 is 2.31 bits per heavy atom. The number of hydrogen-bond acceptors (Lipinski definition) is 4. The van der Waals surface area contributed by atoms with Crippen molar-refractivity contribution in [3.05, 3.63) is 58.4 Å². The average Bonchev–Trinajstić information content (AvgIpc) is 2.65. The van der Waals surface area contributed by atoms with Crippen LogP contribution >= 0.6 is 0 Å². The van der Waals surface area contributed by atoms with Crippen LogP contribution in [0.15, 0.2) is 42.5 Å². The second-order valence-electron chi connectivity index (χ2n) is 8.76. The van der Waals surface area contributed by atoms with E-state index in [0.717, 1.165) is 0 Å². The number of carbonyl (C=O) groups is 2. The highest BCUT2D eigenvalue weighted by Gasteiger charge is 2.36. The zero-order valence-corrected chi connectivity index (χ0v) is 18.0. The summed E-state index contributed by atoms with van der Waals surface area (Å²) in [6.07, 6.45) is -1.02. The standard InChI is InChI=1S/C22H25FN4O5/c1-22(2,3)26(21(29)30)13-14-11-25(12-14)20(28)24-18-10-16(6-9-19(18)27(31)32)15-4-7-17(23)8-5-15/h4-10,14H,11-13H2,1-3H3,(H,24,28)(H,29,30). The summed E-state index contributed by atoms with van der Waals surface area (Å²) in [4.78, 5) is 37.8. The van der Waals surface area contributed by atoms with Crippen molar-refractivity contribution in [2.45, 2.75) is 26.3 Å². The van der Waals surface area contributed by atoms with E-state index in [9.17, 15) is 29.2 Å². The lowest BCUT2D eigenvalue weighted by molar-refractivity contribution is -0.383. The number of anilines is 1. The number of halogens is 1. The first kappa shape index (κ1) is 23.0. The Hall–Kier alpha value is -3.69. The Morgan fingerprint density at radius 1 is 1.19 bits per heavy atom. The van der Waals surface area contributed by atoms with Crippen LogP contribution in [-0.2, 0) is 0 Å². The van der Waals surface area contributed by atoms with Crippen molar-refractivity contribution in [2.75, 3.05) is 25.0 Å². The number of likely N-dealkylation sites (tertiary alicyclic amines) is 1. The van der Waals surface area contributed by atoms with Crippen LogP contribution in [0.4, 0.5) is 25.4 Å². The Balaban J connectivity index is 1.69. The summed E-state index contributed by atoms with van der Waals surface area (Å²) < 4.78 is 13.2. The van der Waals surface area contributed by atoms with Gasteiger partial charge in [0.1, 0.15) is 11.5 Å². The van der Waals surface area contributed by atoms with E-state index in [1.807, 2.05) is 0 Å². The first-order chi connectivity index (χ1) is 15.0. The van der Waals surface area contributed by atoms with Gasteiger partial charge in [0.25, 0.3) is 5.69 Å². The Bertz CT molecular complexity index is 1030. The normalized spacial score (nSPS) is 13.9. The molecule has 0 atom stereocenters. The van der Waals surface area contributed by atoms with Crippen molar-refractivity contribution in [3.63, 3.8) is 0 Å². The molecule has 170 valence electrons. The van der Waals surface area contributed by atoms with Gasteiger partial charge in [0, 0.05) is 37.2 Å². The van der Waals surface area contributed by atoms with Crippen LogP contribution < -0.4 is 5.32 Å². The van der Waals surface area contributed by atoms with E-state index in [-0.39, 0.29) is 17.3 Å². The summed E-state index contributed by atoms with van der Waals surface area (Å²) in [7, 11) is 0. The molecule has 1 aliphatic heterocycles. The molecule has 9 nitrogen and oxygen atoms in total. The summed E-state index contributed by atoms with van der Waals surface area (Å²) in [6.45, 7) is 6.39. The number of amides is 3. The average molecular weight is 444 g/mol. The van der Waals surface area contributed by atoms with Crippen LogP contribution in [0.5, 0.6) is 0 Å². The van der Waals surface area contributed by atoms with Crippen molar-refractivity contribution in [1.82, 2.24) is 9.80 Å². The lowest BCUT2D eigenvalue weighted by Crippen LogP contribution is -2.58. The van der Waals surface area contributed by atoms with Gasteiger partial charge in [-0.05, 0) is 56.2 Å². The molecule has 2 N–H and O–H groups in total. The van der Waals surface area contributed by atoms with Crippen LogP contribution in [0.1, 0.15) is 20.8 Å². The zero-order valence-electron chi connectivity index (χ0n) is 18.0.